The Morgan fingerprint density at radius 2 is 2.16 bits per heavy atom. The van der Waals surface area contributed by atoms with Crippen molar-refractivity contribution in [2.75, 3.05) is 5.32 Å². The molecule has 1 aromatic heterocycles. The Bertz CT molecular complexity index is 569. The molecule has 2 aromatic rings. The van der Waals surface area contributed by atoms with Crippen molar-refractivity contribution in [3.05, 3.63) is 29.3 Å². The molecule has 0 atom stereocenters. The van der Waals surface area contributed by atoms with E-state index in [0.717, 1.165) is 12.8 Å². The van der Waals surface area contributed by atoms with Gasteiger partial charge in [-0.1, -0.05) is 42.2 Å². The molecule has 0 aliphatic carbocycles. The van der Waals surface area contributed by atoms with E-state index in [0.29, 0.717) is 17.0 Å². The van der Waals surface area contributed by atoms with Crippen LogP contribution in [-0.2, 0) is 4.79 Å². The van der Waals surface area contributed by atoms with Gasteiger partial charge in [0.2, 0.25) is 5.91 Å². The average Bonchev–Trinajstić information content (AvgIpc) is 2.85. The van der Waals surface area contributed by atoms with E-state index in [9.17, 15) is 4.79 Å². The second-order valence-corrected chi connectivity index (χ2v) is 4.45. The van der Waals surface area contributed by atoms with Crippen molar-refractivity contribution in [2.45, 2.75) is 26.2 Å². The van der Waals surface area contributed by atoms with Crippen LogP contribution in [-0.4, -0.2) is 16.1 Å². The first kappa shape index (κ1) is 13.5. The van der Waals surface area contributed by atoms with Crippen LogP contribution in [0, 0.1) is 0 Å². The largest absolute Gasteiger partial charge is 0.403 e. The van der Waals surface area contributed by atoms with Gasteiger partial charge in [0.25, 0.3) is 5.89 Å². The van der Waals surface area contributed by atoms with Crippen molar-refractivity contribution in [1.82, 2.24) is 10.2 Å². The molecule has 0 aliphatic rings. The Kier molecular flexibility index (Phi) is 4.52. The van der Waals surface area contributed by atoms with Gasteiger partial charge in [0.15, 0.2) is 0 Å². The van der Waals surface area contributed by atoms with E-state index in [1.807, 2.05) is 19.1 Å². The van der Waals surface area contributed by atoms with Crippen molar-refractivity contribution >= 4 is 23.5 Å². The number of nitrogens with one attached hydrogen (secondary N) is 1. The van der Waals surface area contributed by atoms with Gasteiger partial charge in [-0.25, -0.2) is 0 Å². The van der Waals surface area contributed by atoms with Crippen LogP contribution in [0.25, 0.3) is 11.5 Å². The molecule has 1 heterocycles. The fourth-order valence-electron chi connectivity index (χ4n) is 1.54. The molecule has 19 heavy (non-hydrogen) atoms. The van der Waals surface area contributed by atoms with Crippen LogP contribution >= 0.6 is 11.6 Å². The molecule has 0 saturated heterocycles. The Hall–Kier alpha value is -1.88. The Balaban J connectivity index is 2.07. The maximum atomic E-state index is 11.5. The number of carbonyl (C=O) groups is 1. The van der Waals surface area contributed by atoms with Crippen LogP contribution < -0.4 is 5.32 Å². The normalized spacial score (nSPS) is 10.4. The molecule has 0 fully saturated rings. The molecule has 2 rings (SSSR count). The van der Waals surface area contributed by atoms with E-state index in [4.69, 9.17) is 16.0 Å². The highest BCUT2D eigenvalue weighted by molar-refractivity contribution is 6.33. The molecule has 1 aromatic carbocycles. The zero-order valence-electron chi connectivity index (χ0n) is 10.5. The standard InChI is InChI=1S/C13H14ClN3O2/c1-2-3-8-11(18)15-13-17-16-12(19-13)9-6-4-5-7-10(9)14/h4-7H,2-3,8H2,1H3,(H,15,17,18). The molecule has 0 spiro atoms. The van der Waals surface area contributed by atoms with Gasteiger partial charge < -0.3 is 4.42 Å². The topological polar surface area (TPSA) is 68.0 Å². The number of halogens is 1. The summed E-state index contributed by atoms with van der Waals surface area (Å²) < 4.78 is 5.36. The second-order valence-electron chi connectivity index (χ2n) is 4.04. The number of carbonyl (C=O) groups excluding carboxylic acids is 1. The van der Waals surface area contributed by atoms with Crippen molar-refractivity contribution in [1.29, 1.82) is 0 Å². The maximum Gasteiger partial charge on any atom is 0.322 e. The SMILES string of the molecule is CCCCC(=O)Nc1nnc(-c2ccccc2Cl)o1. The third kappa shape index (κ3) is 3.54. The van der Waals surface area contributed by atoms with Crippen LogP contribution in [0.4, 0.5) is 6.01 Å². The summed E-state index contributed by atoms with van der Waals surface area (Å²) in [5.74, 6) is 0.160. The van der Waals surface area contributed by atoms with Crippen molar-refractivity contribution in [2.24, 2.45) is 0 Å². The van der Waals surface area contributed by atoms with Crippen molar-refractivity contribution in [3.63, 3.8) is 0 Å². The molecule has 5 nitrogen and oxygen atoms in total. The zero-order chi connectivity index (χ0) is 13.7. The molecule has 100 valence electrons. The van der Waals surface area contributed by atoms with E-state index in [1.54, 1.807) is 12.1 Å². The number of hydrogen-bond donors (Lipinski definition) is 1. The predicted molar refractivity (Wildman–Crippen MR) is 72.9 cm³/mol. The van der Waals surface area contributed by atoms with Crippen LogP contribution in [0.1, 0.15) is 26.2 Å². The van der Waals surface area contributed by atoms with Crippen LogP contribution in [0.3, 0.4) is 0 Å². The highest BCUT2D eigenvalue weighted by Crippen LogP contribution is 2.27. The molecule has 0 saturated carbocycles. The lowest BCUT2D eigenvalue weighted by atomic mass is 10.2. The summed E-state index contributed by atoms with van der Waals surface area (Å²) in [5, 5.41) is 10.7. The highest BCUT2D eigenvalue weighted by Gasteiger charge is 2.12. The summed E-state index contributed by atoms with van der Waals surface area (Å²) in [4.78, 5) is 11.5. The summed E-state index contributed by atoms with van der Waals surface area (Å²) in [7, 11) is 0. The number of nitrogens with zero attached hydrogens (tertiary/aromatic N) is 2. The van der Waals surface area contributed by atoms with Gasteiger partial charge in [-0.05, 0) is 18.6 Å². The highest BCUT2D eigenvalue weighted by atomic mass is 35.5. The molecule has 1 amide bonds. The van der Waals surface area contributed by atoms with Gasteiger partial charge in [-0.3, -0.25) is 10.1 Å². The van der Waals surface area contributed by atoms with Crippen molar-refractivity contribution in [3.8, 4) is 11.5 Å². The van der Waals surface area contributed by atoms with Gasteiger partial charge in [-0.2, -0.15) is 0 Å². The number of amides is 1. The lowest BCUT2D eigenvalue weighted by Gasteiger charge is -1.99. The lowest BCUT2D eigenvalue weighted by molar-refractivity contribution is -0.116. The second kappa shape index (κ2) is 6.33. The average molecular weight is 280 g/mol. The van der Waals surface area contributed by atoms with Gasteiger partial charge in [0.05, 0.1) is 10.6 Å². The number of unbranched alkanes of at least 4 members (excludes halogenated alkanes) is 1. The van der Waals surface area contributed by atoms with E-state index >= 15 is 0 Å². The van der Waals surface area contributed by atoms with Gasteiger partial charge in [0, 0.05) is 6.42 Å². The Morgan fingerprint density at radius 3 is 2.89 bits per heavy atom. The van der Waals surface area contributed by atoms with E-state index < -0.39 is 0 Å². The van der Waals surface area contributed by atoms with Gasteiger partial charge in [-0.15, -0.1) is 5.10 Å². The number of rotatable bonds is 5. The van der Waals surface area contributed by atoms with Crippen molar-refractivity contribution < 1.29 is 9.21 Å². The molecule has 0 bridgehead atoms. The summed E-state index contributed by atoms with van der Waals surface area (Å²) in [6.45, 7) is 2.02. The Morgan fingerprint density at radius 1 is 1.37 bits per heavy atom. The summed E-state index contributed by atoms with van der Waals surface area (Å²) >= 11 is 6.03. The minimum Gasteiger partial charge on any atom is -0.403 e. The zero-order valence-corrected chi connectivity index (χ0v) is 11.3. The first-order valence-corrected chi connectivity index (χ1v) is 6.46. The third-order valence-electron chi connectivity index (χ3n) is 2.53. The Labute approximate surface area is 116 Å². The van der Waals surface area contributed by atoms with Gasteiger partial charge >= 0.3 is 6.01 Å². The van der Waals surface area contributed by atoms with Crippen LogP contribution in [0.15, 0.2) is 28.7 Å². The molecule has 0 aliphatic heterocycles. The van der Waals surface area contributed by atoms with Crippen LogP contribution in [0.2, 0.25) is 5.02 Å². The summed E-state index contributed by atoms with van der Waals surface area (Å²) in [6.07, 6.45) is 2.24. The van der Waals surface area contributed by atoms with E-state index in [1.165, 1.54) is 0 Å². The fraction of sp³-hybridized carbons (Fsp3) is 0.308. The molecule has 0 radical (unpaired) electrons. The fourth-order valence-corrected chi connectivity index (χ4v) is 1.75. The van der Waals surface area contributed by atoms with E-state index in [2.05, 4.69) is 15.5 Å². The molecule has 6 heteroatoms. The first-order valence-electron chi connectivity index (χ1n) is 6.09. The smallest absolute Gasteiger partial charge is 0.322 e. The summed E-state index contributed by atoms with van der Waals surface area (Å²) in [6, 6.07) is 7.25. The molecular weight excluding hydrogens is 266 g/mol. The number of aromatic nitrogens is 2. The molecule has 1 N–H and O–H groups in total. The molecule has 0 unspecified atom stereocenters. The summed E-state index contributed by atoms with van der Waals surface area (Å²) in [5.41, 5.74) is 0.644. The van der Waals surface area contributed by atoms with Gasteiger partial charge in [0.1, 0.15) is 0 Å². The first-order chi connectivity index (χ1) is 9.20. The monoisotopic (exact) mass is 279 g/mol. The lowest BCUT2D eigenvalue weighted by Crippen LogP contribution is -2.11. The van der Waals surface area contributed by atoms with Crippen LogP contribution in [0.5, 0.6) is 0 Å². The minimum absolute atomic E-state index is 0.0935. The van der Waals surface area contributed by atoms with E-state index in [-0.39, 0.29) is 17.8 Å². The quantitative estimate of drug-likeness (QED) is 0.909. The third-order valence-corrected chi connectivity index (χ3v) is 2.86. The predicted octanol–water partition coefficient (Wildman–Crippen LogP) is 3.52. The maximum absolute atomic E-state index is 11.5. The number of anilines is 1. The minimum atomic E-state index is -0.129. The number of hydrogen-bond acceptors (Lipinski definition) is 4. The molecular formula is C13H14ClN3O2. The number of benzene rings is 1.